The van der Waals surface area contributed by atoms with Gasteiger partial charge in [-0.3, -0.25) is 0 Å². The fourth-order valence-corrected chi connectivity index (χ4v) is 1.84. The second kappa shape index (κ2) is 7.50. The molecule has 0 bridgehead atoms. The number of methoxy groups -OCH3 is 1. The van der Waals surface area contributed by atoms with Gasteiger partial charge in [-0.05, 0) is 41.1 Å². The second-order valence-electron chi connectivity index (χ2n) is 3.68. The van der Waals surface area contributed by atoms with Crippen LogP contribution >= 0.6 is 22.6 Å². The molecule has 0 radical (unpaired) electrons. The molecule has 0 atom stereocenters. The molecule has 0 aromatic heterocycles. The third kappa shape index (κ3) is 4.91. The van der Waals surface area contributed by atoms with E-state index < -0.39 is 0 Å². The molecule has 0 saturated heterocycles. The number of urea groups is 1. The molecule has 1 rings (SSSR count). The van der Waals surface area contributed by atoms with Crippen molar-refractivity contribution in [3.05, 3.63) is 27.8 Å². The number of rotatable bonds is 5. The maximum atomic E-state index is 11.8. The minimum absolute atomic E-state index is 0.0924. The Morgan fingerprint density at radius 2 is 2.18 bits per heavy atom. The molecule has 0 fully saturated rings. The standard InChI is InChI=1S/C12H17IN2O2/c1-15(8-5-9-17-2)12(16)14-11-7-4-3-6-10(11)13/h3-4,6-7H,5,8-9H2,1-2H3,(H,14,16). The Labute approximate surface area is 115 Å². The molecule has 0 unspecified atom stereocenters. The van der Waals surface area contributed by atoms with Crippen LogP contribution in [0.5, 0.6) is 0 Å². The van der Waals surface area contributed by atoms with Gasteiger partial charge in [-0.1, -0.05) is 12.1 Å². The van der Waals surface area contributed by atoms with Crippen molar-refractivity contribution in [2.75, 3.05) is 32.6 Å². The van der Waals surface area contributed by atoms with E-state index in [-0.39, 0.29) is 6.03 Å². The van der Waals surface area contributed by atoms with Crippen LogP contribution in [0.15, 0.2) is 24.3 Å². The molecule has 17 heavy (non-hydrogen) atoms. The lowest BCUT2D eigenvalue weighted by atomic mass is 10.3. The van der Waals surface area contributed by atoms with Crippen LogP contribution in [0.2, 0.25) is 0 Å². The molecular weight excluding hydrogens is 331 g/mol. The number of para-hydroxylation sites is 1. The number of benzene rings is 1. The van der Waals surface area contributed by atoms with Gasteiger partial charge in [-0.15, -0.1) is 0 Å². The smallest absolute Gasteiger partial charge is 0.321 e. The number of hydrogen-bond donors (Lipinski definition) is 1. The number of hydrogen-bond acceptors (Lipinski definition) is 2. The summed E-state index contributed by atoms with van der Waals surface area (Å²) in [5.41, 5.74) is 0.844. The zero-order valence-electron chi connectivity index (χ0n) is 10.1. The number of halogens is 1. The lowest BCUT2D eigenvalue weighted by Gasteiger charge is -2.18. The summed E-state index contributed by atoms with van der Waals surface area (Å²) in [6.45, 7) is 1.35. The molecule has 94 valence electrons. The Morgan fingerprint density at radius 3 is 2.82 bits per heavy atom. The van der Waals surface area contributed by atoms with Crippen LogP contribution in [-0.4, -0.2) is 38.2 Å². The van der Waals surface area contributed by atoms with E-state index in [0.29, 0.717) is 13.2 Å². The summed E-state index contributed by atoms with van der Waals surface area (Å²) >= 11 is 2.20. The summed E-state index contributed by atoms with van der Waals surface area (Å²) in [5, 5.41) is 2.88. The zero-order valence-corrected chi connectivity index (χ0v) is 12.2. The minimum atomic E-state index is -0.0924. The number of nitrogens with one attached hydrogen (secondary N) is 1. The molecule has 1 aromatic carbocycles. The molecule has 4 nitrogen and oxygen atoms in total. The van der Waals surface area contributed by atoms with Crippen molar-refractivity contribution in [2.45, 2.75) is 6.42 Å². The molecule has 1 aromatic rings. The molecule has 0 spiro atoms. The fraction of sp³-hybridized carbons (Fsp3) is 0.417. The van der Waals surface area contributed by atoms with E-state index in [9.17, 15) is 4.79 Å². The van der Waals surface area contributed by atoms with Gasteiger partial charge in [-0.2, -0.15) is 0 Å². The number of carbonyl (C=O) groups excluding carboxylic acids is 1. The molecule has 5 heteroatoms. The normalized spacial score (nSPS) is 10.1. The topological polar surface area (TPSA) is 41.6 Å². The quantitative estimate of drug-likeness (QED) is 0.657. The first-order valence-corrected chi connectivity index (χ1v) is 6.48. The van der Waals surface area contributed by atoms with E-state index in [4.69, 9.17) is 4.74 Å². The van der Waals surface area contributed by atoms with E-state index in [1.165, 1.54) is 0 Å². The number of ether oxygens (including phenoxy) is 1. The fourth-order valence-electron chi connectivity index (χ4n) is 1.32. The SMILES string of the molecule is COCCCN(C)C(=O)Nc1ccccc1I. The van der Waals surface area contributed by atoms with Crippen molar-refractivity contribution in [3.63, 3.8) is 0 Å². The van der Waals surface area contributed by atoms with Crippen molar-refractivity contribution in [1.82, 2.24) is 4.90 Å². The Kier molecular flexibility index (Phi) is 6.28. The van der Waals surface area contributed by atoms with Crippen molar-refractivity contribution in [1.29, 1.82) is 0 Å². The van der Waals surface area contributed by atoms with Crippen LogP contribution in [0.25, 0.3) is 0 Å². The van der Waals surface area contributed by atoms with Gasteiger partial charge in [-0.25, -0.2) is 4.79 Å². The lowest BCUT2D eigenvalue weighted by Crippen LogP contribution is -2.32. The van der Waals surface area contributed by atoms with E-state index in [2.05, 4.69) is 27.9 Å². The van der Waals surface area contributed by atoms with Crippen LogP contribution in [0.3, 0.4) is 0 Å². The zero-order chi connectivity index (χ0) is 12.7. The van der Waals surface area contributed by atoms with E-state index in [1.807, 2.05) is 24.3 Å². The van der Waals surface area contributed by atoms with Crippen molar-refractivity contribution >= 4 is 34.3 Å². The largest absolute Gasteiger partial charge is 0.385 e. The van der Waals surface area contributed by atoms with Gasteiger partial charge in [0.25, 0.3) is 0 Å². The summed E-state index contributed by atoms with van der Waals surface area (Å²) < 4.78 is 5.98. The second-order valence-corrected chi connectivity index (χ2v) is 4.84. The van der Waals surface area contributed by atoms with Crippen LogP contribution in [-0.2, 0) is 4.74 Å². The average Bonchev–Trinajstić information content (AvgIpc) is 2.32. The first-order chi connectivity index (χ1) is 8.15. The van der Waals surface area contributed by atoms with E-state index in [0.717, 1.165) is 15.7 Å². The number of nitrogens with zero attached hydrogens (tertiary/aromatic N) is 1. The molecule has 0 aliphatic carbocycles. The third-order valence-corrected chi connectivity index (χ3v) is 3.24. The highest BCUT2D eigenvalue weighted by molar-refractivity contribution is 14.1. The predicted octanol–water partition coefficient (Wildman–Crippen LogP) is 2.79. The highest BCUT2D eigenvalue weighted by atomic mass is 127. The Balaban J connectivity index is 2.46. The van der Waals surface area contributed by atoms with Crippen molar-refractivity contribution < 1.29 is 9.53 Å². The summed E-state index contributed by atoms with van der Waals surface area (Å²) in [4.78, 5) is 13.5. The van der Waals surface area contributed by atoms with Crippen molar-refractivity contribution in [2.24, 2.45) is 0 Å². The maximum absolute atomic E-state index is 11.8. The Morgan fingerprint density at radius 1 is 1.47 bits per heavy atom. The molecular formula is C12H17IN2O2. The summed E-state index contributed by atoms with van der Waals surface area (Å²) in [7, 11) is 3.44. The average molecular weight is 348 g/mol. The van der Waals surface area contributed by atoms with E-state index in [1.54, 1.807) is 19.1 Å². The third-order valence-electron chi connectivity index (χ3n) is 2.30. The van der Waals surface area contributed by atoms with Crippen LogP contribution in [0.1, 0.15) is 6.42 Å². The van der Waals surface area contributed by atoms with Gasteiger partial charge in [0.2, 0.25) is 0 Å². The van der Waals surface area contributed by atoms with Gasteiger partial charge in [0, 0.05) is 30.9 Å². The highest BCUT2D eigenvalue weighted by Crippen LogP contribution is 2.17. The molecule has 0 saturated carbocycles. The first-order valence-electron chi connectivity index (χ1n) is 5.40. The number of amides is 2. The molecule has 0 heterocycles. The molecule has 2 amide bonds. The highest BCUT2D eigenvalue weighted by Gasteiger charge is 2.09. The lowest BCUT2D eigenvalue weighted by molar-refractivity contribution is 0.179. The van der Waals surface area contributed by atoms with Gasteiger partial charge < -0.3 is 15.0 Å². The number of anilines is 1. The maximum Gasteiger partial charge on any atom is 0.321 e. The van der Waals surface area contributed by atoms with Gasteiger partial charge >= 0.3 is 6.03 Å². The van der Waals surface area contributed by atoms with Gasteiger partial charge in [0.1, 0.15) is 0 Å². The van der Waals surface area contributed by atoms with E-state index >= 15 is 0 Å². The summed E-state index contributed by atoms with van der Waals surface area (Å²) in [5.74, 6) is 0. The Bertz CT molecular complexity index is 371. The monoisotopic (exact) mass is 348 g/mol. The summed E-state index contributed by atoms with van der Waals surface area (Å²) in [6, 6.07) is 7.61. The Hall–Kier alpha value is -0.820. The molecule has 0 aliphatic rings. The van der Waals surface area contributed by atoms with Gasteiger partial charge in [0.05, 0.1) is 5.69 Å². The van der Waals surface area contributed by atoms with Crippen LogP contribution < -0.4 is 5.32 Å². The molecule has 0 aliphatic heterocycles. The first kappa shape index (κ1) is 14.2. The van der Waals surface area contributed by atoms with Crippen LogP contribution in [0, 0.1) is 3.57 Å². The molecule has 1 N–H and O–H groups in total. The summed E-state index contributed by atoms with van der Waals surface area (Å²) in [6.07, 6.45) is 0.840. The number of carbonyl (C=O) groups is 1. The minimum Gasteiger partial charge on any atom is -0.385 e. The van der Waals surface area contributed by atoms with Gasteiger partial charge in [0.15, 0.2) is 0 Å². The van der Waals surface area contributed by atoms with Crippen molar-refractivity contribution in [3.8, 4) is 0 Å². The van der Waals surface area contributed by atoms with Crippen LogP contribution in [0.4, 0.5) is 10.5 Å². The predicted molar refractivity (Wildman–Crippen MR) is 77.3 cm³/mol.